The minimum atomic E-state index is -1.70. The molecule has 5 rings (SSSR count). The zero-order chi connectivity index (χ0) is 26.3. The summed E-state index contributed by atoms with van der Waals surface area (Å²) in [5.74, 6) is 0.0805. The fraction of sp³-hybridized carbons (Fsp3) is 0.280. The van der Waals surface area contributed by atoms with Crippen molar-refractivity contribution in [3.8, 4) is 23.0 Å². The van der Waals surface area contributed by atoms with E-state index in [4.69, 9.17) is 27.8 Å². The standard InChI is InChI=1S/C25H22O12/c1-32-13-4-2-11-7-18(24(31)35-14(11)8-13)33-17-9-15-12(3-5-20(27)34-15)6-16(17)36-25-23(30)22(29)21(28)19(10-26)37-25/h2-9,19,21-23,25-26,28-30H,10H2,1H3/t19-,21-,22+,23-,25-/m1/s1. The molecule has 0 amide bonds. The lowest BCUT2D eigenvalue weighted by molar-refractivity contribution is -0.277. The van der Waals surface area contributed by atoms with Gasteiger partial charge in [0.1, 0.15) is 41.3 Å². The van der Waals surface area contributed by atoms with Crippen LogP contribution in [-0.4, -0.2) is 64.8 Å². The summed E-state index contributed by atoms with van der Waals surface area (Å²) in [5.41, 5.74) is -1.08. The summed E-state index contributed by atoms with van der Waals surface area (Å²) < 4.78 is 32.7. The predicted octanol–water partition coefficient (Wildman–Crippen LogP) is 0.879. The Bertz CT molecular complexity index is 1560. The van der Waals surface area contributed by atoms with E-state index in [-0.39, 0.29) is 28.4 Å². The van der Waals surface area contributed by atoms with Crippen molar-refractivity contribution in [2.24, 2.45) is 0 Å². The van der Waals surface area contributed by atoms with Crippen molar-refractivity contribution in [1.82, 2.24) is 0 Å². The number of aliphatic hydroxyl groups excluding tert-OH is 4. The number of hydrogen-bond acceptors (Lipinski definition) is 12. The number of benzene rings is 2. The van der Waals surface area contributed by atoms with Crippen LogP contribution in [0.5, 0.6) is 23.0 Å². The highest BCUT2D eigenvalue weighted by Gasteiger charge is 2.45. The number of rotatable bonds is 6. The smallest absolute Gasteiger partial charge is 0.379 e. The van der Waals surface area contributed by atoms with Crippen LogP contribution in [0.15, 0.2) is 67.0 Å². The molecule has 4 N–H and O–H groups in total. The van der Waals surface area contributed by atoms with E-state index in [1.165, 1.54) is 37.4 Å². The molecule has 4 aromatic rings. The highest BCUT2D eigenvalue weighted by atomic mass is 16.7. The molecule has 1 fully saturated rings. The summed E-state index contributed by atoms with van der Waals surface area (Å²) in [5, 5.41) is 40.9. The molecule has 12 nitrogen and oxygen atoms in total. The summed E-state index contributed by atoms with van der Waals surface area (Å²) in [6.45, 7) is -0.653. The van der Waals surface area contributed by atoms with Gasteiger partial charge in [0.15, 0.2) is 11.5 Å². The van der Waals surface area contributed by atoms with Gasteiger partial charge in [0, 0.05) is 29.0 Å². The third kappa shape index (κ3) is 4.75. The van der Waals surface area contributed by atoms with Crippen molar-refractivity contribution < 1.29 is 48.2 Å². The van der Waals surface area contributed by atoms with E-state index >= 15 is 0 Å². The van der Waals surface area contributed by atoms with Crippen LogP contribution in [0.25, 0.3) is 21.9 Å². The molecule has 0 bridgehead atoms. The summed E-state index contributed by atoms with van der Waals surface area (Å²) in [4.78, 5) is 24.4. The molecule has 3 heterocycles. The first-order valence-corrected chi connectivity index (χ1v) is 11.1. The van der Waals surface area contributed by atoms with Crippen LogP contribution in [0.2, 0.25) is 0 Å². The Balaban J connectivity index is 1.56. The SMILES string of the molecule is COc1ccc2cc(Oc3cc4oc(=O)ccc4cc3O[C@@H]3O[C@H](CO)[C@@H](O)[C@H](O)[C@H]3O)c(=O)oc2c1. The zero-order valence-electron chi connectivity index (χ0n) is 19.3. The molecule has 37 heavy (non-hydrogen) atoms. The van der Waals surface area contributed by atoms with Gasteiger partial charge in [-0.15, -0.1) is 0 Å². The van der Waals surface area contributed by atoms with Crippen LogP contribution in [-0.2, 0) is 4.74 Å². The first-order chi connectivity index (χ1) is 17.8. The highest BCUT2D eigenvalue weighted by Crippen LogP contribution is 2.37. The minimum Gasteiger partial charge on any atom is -0.497 e. The molecule has 194 valence electrons. The topological polar surface area (TPSA) is 178 Å². The molecule has 1 aliphatic rings. The third-order valence-corrected chi connectivity index (χ3v) is 5.91. The normalized spacial score (nSPS) is 23.8. The molecule has 1 aliphatic heterocycles. The van der Waals surface area contributed by atoms with Crippen LogP contribution in [0.1, 0.15) is 0 Å². The lowest BCUT2D eigenvalue weighted by Gasteiger charge is -2.39. The van der Waals surface area contributed by atoms with E-state index in [0.717, 1.165) is 0 Å². The molecule has 0 radical (unpaired) electrons. The predicted molar refractivity (Wildman–Crippen MR) is 126 cm³/mol. The number of fused-ring (bicyclic) bond motifs is 2. The maximum atomic E-state index is 12.7. The van der Waals surface area contributed by atoms with E-state index in [2.05, 4.69) is 0 Å². The second kappa shape index (κ2) is 9.84. The van der Waals surface area contributed by atoms with Crippen molar-refractivity contribution in [2.45, 2.75) is 30.7 Å². The highest BCUT2D eigenvalue weighted by molar-refractivity contribution is 5.81. The molecular formula is C25H22O12. The van der Waals surface area contributed by atoms with E-state index in [0.29, 0.717) is 16.5 Å². The van der Waals surface area contributed by atoms with Gasteiger partial charge in [0.2, 0.25) is 12.0 Å². The van der Waals surface area contributed by atoms with Gasteiger partial charge in [0.25, 0.3) is 0 Å². The summed E-state index contributed by atoms with van der Waals surface area (Å²) in [6.07, 6.45) is -7.70. The average Bonchev–Trinajstić information content (AvgIpc) is 2.89. The Hall–Kier alpha value is -3.94. The van der Waals surface area contributed by atoms with Crippen LogP contribution in [0.3, 0.4) is 0 Å². The van der Waals surface area contributed by atoms with Gasteiger partial charge >= 0.3 is 11.3 Å². The maximum absolute atomic E-state index is 12.7. The van der Waals surface area contributed by atoms with Gasteiger partial charge < -0.3 is 48.2 Å². The Morgan fingerprint density at radius 3 is 2.24 bits per heavy atom. The molecule has 0 saturated carbocycles. The molecule has 0 spiro atoms. The molecule has 1 saturated heterocycles. The molecule has 0 aliphatic carbocycles. The number of aliphatic hydroxyl groups is 4. The molecule has 2 aromatic heterocycles. The van der Waals surface area contributed by atoms with Crippen LogP contribution < -0.4 is 25.5 Å². The van der Waals surface area contributed by atoms with Crippen molar-refractivity contribution >= 4 is 21.9 Å². The summed E-state index contributed by atoms with van der Waals surface area (Å²) in [7, 11) is 1.48. The second-order valence-electron chi connectivity index (χ2n) is 8.31. The molecule has 12 heteroatoms. The zero-order valence-corrected chi connectivity index (χ0v) is 19.3. The number of ether oxygens (including phenoxy) is 4. The summed E-state index contributed by atoms with van der Waals surface area (Å²) >= 11 is 0. The molecule has 5 atom stereocenters. The van der Waals surface area contributed by atoms with Gasteiger partial charge in [0.05, 0.1) is 13.7 Å². The monoisotopic (exact) mass is 514 g/mol. The van der Waals surface area contributed by atoms with Gasteiger partial charge in [-0.3, -0.25) is 0 Å². The van der Waals surface area contributed by atoms with Crippen molar-refractivity contribution in [3.63, 3.8) is 0 Å². The number of hydrogen-bond donors (Lipinski definition) is 4. The fourth-order valence-electron chi connectivity index (χ4n) is 3.93. The maximum Gasteiger partial charge on any atom is 0.379 e. The molecular weight excluding hydrogens is 492 g/mol. The van der Waals surface area contributed by atoms with Gasteiger partial charge in [-0.1, -0.05) is 0 Å². The molecule has 0 unspecified atom stereocenters. The second-order valence-corrected chi connectivity index (χ2v) is 8.31. The third-order valence-electron chi connectivity index (χ3n) is 5.91. The molecule has 2 aromatic carbocycles. The Kier molecular flexibility index (Phi) is 6.58. The van der Waals surface area contributed by atoms with Crippen molar-refractivity contribution in [2.75, 3.05) is 13.7 Å². The van der Waals surface area contributed by atoms with E-state index in [9.17, 15) is 30.0 Å². The first kappa shape index (κ1) is 24.7. The van der Waals surface area contributed by atoms with Gasteiger partial charge in [-0.25, -0.2) is 9.59 Å². The summed E-state index contributed by atoms with van der Waals surface area (Å²) in [6, 6.07) is 11.7. The van der Waals surface area contributed by atoms with E-state index in [1.807, 2.05) is 0 Å². The quantitative estimate of drug-likeness (QED) is 0.267. The lowest BCUT2D eigenvalue weighted by atomic mass is 9.99. The van der Waals surface area contributed by atoms with Crippen molar-refractivity contribution in [1.29, 1.82) is 0 Å². The van der Waals surface area contributed by atoms with Gasteiger partial charge in [-0.05, 0) is 30.3 Å². The van der Waals surface area contributed by atoms with Crippen LogP contribution in [0.4, 0.5) is 0 Å². The average molecular weight is 514 g/mol. The Morgan fingerprint density at radius 2 is 1.51 bits per heavy atom. The fourth-order valence-corrected chi connectivity index (χ4v) is 3.93. The largest absolute Gasteiger partial charge is 0.497 e. The van der Waals surface area contributed by atoms with E-state index in [1.54, 1.807) is 18.2 Å². The lowest BCUT2D eigenvalue weighted by Crippen LogP contribution is -2.60. The first-order valence-electron chi connectivity index (χ1n) is 11.1. The van der Waals surface area contributed by atoms with Crippen LogP contribution >= 0.6 is 0 Å². The Morgan fingerprint density at radius 1 is 0.811 bits per heavy atom. The van der Waals surface area contributed by atoms with Gasteiger partial charge in [-0.2, -0.15) is 0 Å². The Labute approximate surface area is 207 Å². The minimum absolute atomic E-state index is 0.0695. The van der Waals surface area contributed by atoms with Crippen LogP contribution in [0, 0.1) is 0 Å². The van der Waals surface area contributed by atoms with E-state index < -0.39 is 48.6 Å². The van der Waals surface area contributed by atoms with Crippen molar-refractivity contribution in [3.05, 3.63) is 69.4 Å². The number of methoxy groups -OCH3 is 1.